The molecule has 0 saturated heterocycles. The van der Waals surface area contributed by atoms with E-state index in [4.69, 9.17) is 0 Å². The average molecular weight is 168 g/mol. The largest absolute Gasteiger partial charge is 1.00 e. The van der Waals surface area contributed by atoms with E-state index >= 15 is 0 Å². The first-order chi connectivity index (χ1) is 5.97. The Morgan fingerprint density at radius 3 is 2.15 bits per heavy atom. The quantitative estimate of drug-likeness (QED) is 0.545. The molecule has 13 heavy (non-hydrogen) atoms. The Morgan fingerprint density at radius 2 is 1.54 bits per heavy atom. The molecule has 0 aromatic heterocycles. The van der Waals surface area contributed by atoms with Crippen molar-refractivity contribution >= 4 is 0 Å². The van der Waals surface area contributed by atoms with Crippen LogP contribution in [0.4, 0.5) is 0 Å². The molecule has 1 fully saturated rings. The molecule has 0 N–H and O–H groups in total. The Hall–Kier alpha value is -0.183. The van der Waals surface area contributed by atoms with Gasteiger partial charge in [0, 0.05) is 0 Å². The molecule has 0 bridgehead atoms. The fourth-order valence-electron chi connectivity index (χ4n) is 2.16. The van der Waals surface area contributed by atoms with E-state index in [-0.39, 0.29) is 20.3 Å². The maximum atomic E-state index is 2.27. The maximum absolute atomic E-state index is 2.27. The van der Waals surface area contributed by atoms with Crippen molar-refractivity contribution < 1.29 is 20.3 Å². The first kappa shape index (κ1) is 10.9. The van der Waals surface area contributed by atoms with Crippen molar-refractivity contribution in [1.29, 1.82) is 0 Å². The van der Waals surface area contributed by atoms with Crippen molar-refractivity contribution in [2.45, 2.75) is 38.0 Å². The fourth-order valence-corrected chi connectivity index (χ4v) is 2.16. The van der Waals surface area contributed by atoms with Gasteiger partial charge in [0.15, 0.2) is 0 Å². The summed E-state index contributed by atoms with van der Waals surface area (Å²) < 4.78 is 0. The Balaban J connectivity index is 0.000000845. The van der Waals surface area contributed by atoms with Crippen molar-refractivity contribution in [1.82, 2.24) is 0 Å². The van der Waals surface area contributed by atoms with Crippen molar-refractivity contribution in [3.8, 4) is 0 Å². The van der Waals surface area contributed by atoms with Crippen molar-refractivity contribution in [2.24, 2.45) is 0 Å². The molecule has 0 radical (unpaired) electrons. The van der Waals surface area contributed by atoms with E-state index in [1.54, 1.807) is 5.56 Å². The molecule has 1 aromatic carbocycles. The van der Waals surface area contributed by atoms with Crippen LogP contribution in [0.5, 0.6) is 0 Å². The first-order valence-electron chi connectivity index (χ1n) is 5.02. The van der Waals surface area contributed by atoms with Gasteiger partial charge in [-0.3, -0.25) is 0 Å². The Morgan fingerprint density at radius 1 is 0.923 bits per heavy atom. The molecular formula is C12H17Li. The molecule has 1 saturated carbocycles. The predicted octanol–water partition coefficient (Wildman–Crippen LogP) is 0.851. The Labute approximate surface area is 94.4 Å². The average Bonchev–Trinajstić information content (AvgIpc) is 2.21. The summed E-state index contributed by atoms with van der Waals surface area (Å²) in [5, 5.41) is 0. The molecule has 1 heteroatoms. The molecule has 0 spiro atoms. The third kappa shape index (κ3) is 2.90. The van der Waals surface area contributed by atoms with Crippen molar-refractivity contribution in [3.63, 3.8) is 0 Å². The summed E-state index contributed by atoms with van der Waals surface area (Å²) in [5.41, 5.74) is 1.55. The number of hydrogen-bond acceptors (Lipinski definition) is 0. The molecular weight excluding hydrogens is 151 g/mol. The van der Waals surface area contributed by atoms with Crippen LogP contribution in [0.15, 0.2) is 30.3 Å². The van der Waals surface area contributed by atoms with Gasteiger partial charge >= 0.3 is 18.9 Å². The van der Waals surface area contributed by atoms with Gasteiger partial charge in [-0.2, -0.15) is 0 Å². The second-order valence-corrected chi connectivity index (χ2v) is 3.75. The van der Waals surface area contributed by atoms with Crippen molar-refractivity contribution in [2.75, 3.05) is 0 Å². The van der Waals surface area contributed by atoms with Crippen LogP contribution in [-0.4, -0.2) is 0 Å². The zero-order valence-corrected chi connectivity index (χ0v) is 8.50. The standard InChI is InChI=1S/C12H16.Li.H/c1-3-7-11(8-4-1)12-9-5-2-6-10-12;;/h1,3-4,7-8,12H,2,5-6,9-10H2;;/q;+1;-1. The molecule has 1 aliphatic carbocycles. The van der Waals surface area contributed by atoms with Crippen LogP contribution in [0.1, 0.15) is 45.0 Å². The minimum atomic E-state index is 0. The summed E-state index contributed by atoms with van der Waals surface area (Å²) >= 11 is 0. The fraction of sp³-hybridized carbons (Fsp3) is 0.500. The SMILES string of the molecule is [H-].[Li+].c1ccc(C2CCCCC2)cc1. The van der Waals surface area contributed by atoms with E-state index in [0.717, 1.165) is 5.92 Å². The number of rotatable bonds is 1. The molecule has 66 valence electrons. The smallest absolute Gasteiger partial charge is 1.00 e. The molecule has 1 aliphatic rings. The molecule has 0 amide bonds. The van der Waals surface area contributed by atoms with Crippen LogP contribution in [0, 0.1) is 0 Å². The number of hydrogen-bond donors (Lipinski definition) is 0. The van der Waals surface area contributed by atoms with Crippen molar-refractivity contribution in [3.05, 3.63) is 35.9 Å². The minimum Gasteiger partial charge on any atom is -1.00 e. The van der Waals surface area contributed by atoms with Gasteiger partial charge in [-0.25, -0.2) is 0 Å². The van der Waals surface area contributed by atoms with Gasteiger partial charge in [-0.1, -0.05) is 49.6 Å². The van der Waals surface area contributed by atoms with Crippen LogP contribution in [0.3, 0.4) is 0 Å². The third-order valence-corrected chi connectivity index (χ3v) is 2.88. The van der Waals surface area contributed by atoms with E-state index in [9.17, 15) is 0 Å². The van der Waals surface area contributed by atoms with Gasteiger partial charge in [0.2, 0.25) is 0 Å². The number of benzene rings is 1. The molecule has 0 unspecified atom stereocenters. The molecule has 2 rings (SSSR count). The second kappa shape index (κ2) is 5.53. The van der Waals surface area contributed by atoms with Gasteiger partial charge in [0.1, 0.15) is 0 Å². The Bertz CT molecular complexity index is 229. The molecule has 0 heterocycles. The third-order valence-electron chi connectivity index (χ3n) is 2.88. The molecule has 0 atom stereocenters. The summed E-state index contributed by atoms with van der Waals surface area (Å²) in [4.78, 5) is 0. The molecule has 0 aliphatic heterocycles. The normalized spacial score (nSPS) is 17.8. The van der Waals surface area contributed by atoms with Gasteiger partial charge in [-0.15, -0.1) is 0 Å². The monoisotopic (exact) mass is 168 g/mol. The zero-order valence-electron chi connectivity index (χ0n) is 9.50. The first-order valence-corrected chi connectivity index (χ1v) is 5.02. The van der Waals surface area contributed by atoms with E-state index in [1.807, 2.05) is 0 Å². The maximum Gasteiger partial charge on any atom is 1.00 e. The van der Waals surface area contributed by atoms with Gasteiger partial charge in [-0.05, 0) is 24.3 Å². The molecule has 1 aromatic rings. The van der Waals surface area contributed by atoms with Gasteiger partial charge in [0.05, 0.1) is 0 Å². The molecule has 0 nitrogen and oxygen atoms in total. The van der Waals surface area contributed by atoms with Crippen LogP contribution in [0.2, 0.25) is 0 Å². The van der Waals surface area contributed by atoms with E-state index < -0.39 is 0 Å². The van der Waals surface area contributed by atoms with Gasteiger partial charge in [0.25, 0.3) is 0 Å². The summed E-state index contributed by atoms with van der Waals surface area (Å²) in [5.74, 6) is 0.861. The van der Waals surface area contributed by atoms with Crippen LogP contribution >= 0.6 is 0 Å². The summed E-state index contributed by atoms with van der Waals surface area (Å²) in [6.07, 6.45) is 7.12. The summed E-state index contributed by atoms with van der Waals surface area (Å²) in [7, 11) is 0. The van der Waals surface area contributed by atoms with Gasteiger partial charge < -0.3 is 1.43 Å². The van der Waals surface area contributed by atoms with E-state index in [0.29, 0.717) is 0 Å². The minimum absolute atomic E-state index is 0. The van der Waals surface area contributed by atoms with Crippen LogP contribution in [-0.2, 0) is 0 Å². The summed E-state index contributed by atoms with van der Waals surface area (Å²) in [6, 6.07) is 11.0. The summed E-state index contributed by atoms with van der Waals surface area (Å²) in [6.45, 7) is 0. The van der Waals surface area contributed by atoms with E-state index in [2.05, 4.69) is 30.3 Å². The second-order valence-electron chi connectivity index (χ2n) is 3.75. The van der Waals surface area contributed by atoms with Crippen LogP contribution < -0.4 is 18.9 Å². The predicted molar refractivity (Wildman–Crippen MR) is 53.4 cm³/mol. The zero-order chi connectivity index (χ0) is 8.23. The van der Waals surface area contributed by atoms with E-state index in [1.165, 1.54) is 32.1 Å². The van der Waals surface area contributed by atoms with Crippen LogP contribution in [0.25, 0.3) is 0 Å². The Kier molecular flexibility index (Phi) is 4.63. The topological polar surface area (TPSA) is 0 Å².